The van der Waals surface area contributed by atoms with Crippen molar-refractivity contribution in [3.05, 3.63) is 0 Å². The third-order valence-electron chi connectivity index (χ3n) is 3.60. The van der Waals surface area contributed by atoms with Crippen molar-refractivity contribution in [1.82, 2.24) is 10.6 Å². The van der Waals surface area contributed by atoms with Gasteiger partial charge in [0.1, 0.15) is 6.04 Å². The standard InChI is InChI=1S/C20H38N2O5S/c1-19(2,3)9-7-16(23)21-10-12-27-11-8-17(24)22-15(18(25)26)13-28-14-20(4,5)6/h15H,7-14H2,1-6H3,(H,21,23)(H,22,24)(H,25,26)/t15-/m0/s1. The summed E-state index contributed by atoms with van der Waals surface area (Å²) in [6, 6.07) is -0.901. The van der Waals surface area contributed by atoms with E-state index in [1.54, 1.807) is 0 Å². The fraction of sp³-hybridized carbons (Fsp3) is 0.850. The molecule has 0 heterocycles. The van der Waals surface area contributed by atoms with Gasteiger partial charge in [-0.15, -0.1) is 0 Å². The van der Waals surface area contributed by atoms with Gasteiger partial charge in [-0.1, -0.05) is 41.5 Å². The number of rotatable bonds is 13. The Labute approximate surface area is 173 Å². The van der Waals surface area contributed by atoms with Gasteiger partial charge in [0.2, 0.25) is 11.8 Å². The van der Waals surface area contributed by atoms with E-state index in [2.05, 4.69) is 52.2 Å². The summed E-state index contributed by atoms with van der Waals surface area (Å²) in [6.07, 6.45) is 1.39. The van der Waals surface area contributed by atoms with Crippen LogP contribution in [0, 0.1) is 10.8 Å². The molecule has 0 fully saturated rings. The van der Waals surface area contributed by atoms with Crippen LogP contribution in [0.1, 0.15) is 60.8 Å². The number of aliphatic carboxylic acids is 1. The smallest absolute Gasteiger partial charge is 0.327 e. The zero-order chi connectivity index (χ0) is 21.8. The van der Waals surface area contributed by atoms with E-state index in [1.807, 2.05) is 0 Å². The zero-order valence-electron chi connectivity index (χ0n) is 18.2. The van der Waals surface area contributed by atoms with E-state index in [4.69, 9.17) is 4.74 Å². The summed E-state index contributed by atoms with van der Waals surface area (Å²) >= 11 is 1.51. The van der Waals surface area contributed by atoms with Crippen molar-refractivity contribution in [3.63, 3.8) is 0 Å². The Morgan fingerprint density at radius 1 is 0.964 bits per heavy atom. The molecule has 0 unspecified atom stereocenters. The zero-order valence-corrected chi connectivity index (χ0v) is 19.0. The minimum atomic E-state index is -1.03. The Bertz CT molecular complexity index is 498. The normalized spacial score (nSPS) is 13.1. The van der Waals surface area contributed by atoms with Crippen molar-refractivity contribution in [2.24, 2.45) is 10.8 Å². The molecule has 2 amide bonds. The lowest BCUT2D eigenvalue weighted by molar-refractivity contribution is -0.141. The molecule has 8 heteroatoms. The first-order valence-electron chi connectivity index (χ1n) is 9.74. The van der Waals surface area contributed by atoms with Crippen molar-refractivity contribution in [2.45, 2.75) is 66.8 Å². The second-order valence-electron chi connectivity index (χ2n) is 9.31. The fourth-order valence-corrected chi connectivity index (χ4v) is 3.22. The van der Waals surface area contributed by atoms with Crippen LogP contribution in [0.2, 0.25) is 0 Å². The molecule has 0 aromatic rings. The number of hydrogen-bond acceptors (Lipinski definition) is 5. The lowest BCUT2D eigenvalue weighted by Crippen LogP contribution is -2.43. The summed E-state index contributed by atoms with van der Waals surface area (Å²) in [6.45, 7) is 13.4. The highest BCUT2D eigenvalue weighted by Crippen LogP contribution is 2.21. The lowest BCUT2D eigenvalue weighted by atomic mass is 9.90. The quantitative estimate of drug-likeness (QED) is 0.397. The summed E-state index contributed by atoms with van der Waals surface area (Å²) in [5.41, 5.74) is 0.230. The highest BCUT2D eigenvalue weighted by atomic mass is 32.2. The molecule has 0 aromatic carbocycles. The minimum Gasteiger partial charge on any atom is -0.480 e. The number of nitrogens with one attached hydrogen (secondary N) is 2. The molecule has 0 saturated carbocycles. The maximum atomic E-state index is 11.9. The molecule has 164 valence electrons. The summed E-state index contributed by atoms with van der Waals surface area (Å²) in [5.74, 6) is -0.239. The number of carboxylic acids is 1. The first-order chi connectivity index (χ1) is 12.8. The average molecular weight is 419 g/mol. The van der Waals surface area contributed by atoms with Gasteiger partial charge in [-0.05, 0) is 23.0 Å². The SMILES string of the molecule is CC(C)(C)CCC(=O)NCCOCCC(=O)N[C@@H](CSCC(C)(C)C)C(=O)O. The molecule has 7 nitrogen and oxygen atoms in total. The van der Waals surface area contributed by atoms with E-state index < -0.39 is 12.0 Å². The maximum Gasteiger partial charge on any atom is 0.327 e. The van der Waals surface area contributed by atoms with Gasteiger partial charge in [-0.3, -0.25) is 9.59 Å². The van der Waals surface area contributed by atoms with Gasteiger partial charge in [0.25, 0.3) is 0 Å². The monoisotopic (exact) mass is 418 g/mol. The van der Waals surface area contributed by atoms with Crippen LogP contribution in [0.5, 0.6) is 0 Å². The van der Waals surface area contributed by atoms with Crippen LogP contribution < -0.4 is 10.6 Å². The lowest BCUT2D eigenvalue weighted by Gasteiger charge is -2.19. The van der Waals surface area contributed by atoms with Crippen molar-refractivity contribution in [3.8, 4) is 0 Å². The van der Waals surface area contributed by atoms with Gasteiger partial charge in [-0.2, -0.15) is 11.8 Å². The molecule has 0 aliphatic rings. The molecule has 1 atom stereocenters. The molecule has 0 aliphatic heterocycles. The molecule has 3 N–H and O–H groups in total. The van der Waals surface area contributed by atoms with Crippen molar-refractivity contribution in [1.29, 1.82) is 0 Å². The van der Waals surface area contributed by atoms with E-state index in [0.29, 0.717) is 25.3 Å². The van der Waals surface area contributed by atoms with Crippen LogP contribution >= 0.6 is 11.8 Å². The highest BCUT2D eigenvalue weighted by Gasteiger charge is 2.21. The Balaban J connectivity index is 3.89. The van der Waals surface area contributed by atoms with E-state index >= 15 is 0 Å². The molecular weight excluding hydrogens is 380 g/mol. The average Bonchev–Trinajstić information content (AvgIpc) is 2.53. The third-order valence-corrected chi connectivity index (χ3v) is 5.24. The summed E-state index contributed by atoms with van der Waals surface area (Å²) in [7, 11) is 0. The van der Waals surface area contributed by atoms with E-state index in [1.165, 1.54) is 11.8 Å². The molecule has 0 aromatic heterocycles. The molecule has 0 rings (SSSR count). The third kappa shape index (κ3) is 16.9. The van der Waals surface area contributed by atoms with E-state index in [-0.39, 0.29) is 35.7 Å². The summed E-state index contributed by atoms with van der Waals surface area (Å²) in [5, 5.41) is 14.6. The molecule has 0 saturated heterocycles. The first kappa shape index (κ1) is 26.7. The number of thioether (sulfide) groups is 1. The van der Waals surface area contributed by atoms with Crippen LogP contribution in [0.3, 0.4) is 0 Å². The van der Waals surface area contributed by atoms with Crippen LogP contribution in [0.25, 0.3) is 0 Å². The minimum absolute atomic E-state index is 0.00618. The number of carbonyl (C=O) groups is 3. The van der Waals surface area contributed by atoms with Crippen LogP contribution in [0.15, 0.2) is 0 Å². The van der Waals surface area contributed by atoms with Gasteiger partial charge in [0.05, 0.1) is 13.2 Å². The largest absolute Gasteiger partial charge is 0.480 e. The van der Waals surface area contributed by atoms with Gasteiger partial charge in [0.15, 0.2) is 0 Å². The van der Waals surface area contributed by atoms with E-state index in [0.717, 1.165) is 12.2 Å². The first-order valence-corrected chi connectivity index (χ1v) is 10.9. The Morgan fingerprint density at radius 2 is 1.61 bits per heavy atom. The number of amides is 2. The van der Waals surface area contributed by atoms with Crippen LogP contribution in [-0.4, -0.2) is 60.2 Å². The molecule has 0 aliphatic carbocycles. The molecule has 0 bridgehead atoms. The van der Waals surface area contributed by atoms with Gasteiger partial charge < -0.3 is 20.5 Å². The molecule has 0 spiro atoms. The van der Waals surface area contributed by atoms with Crippen molar-refractivity contribution < 1.29 is 24.2 Å². The molecule has 0 radical (unpaired) electrons. The second-order valence-corrected chi connectivity index (χ2v) is 10.3. The number of ether oxygens (including phenoxy) is 1. The number of carboxylic acid groups (broad SMARTS) is 1. The molecular formula is C20H38N2O5S. The Morgan fingerprint density at radius 3 is 2.14 bits per heavy atom. The Kier molecular flexibility index (Phi) is 12.4. The van der Waals surface area contributed by atoms with E-state index in [9.17, 15) is 19.5 Å². The van der Waals surface area contributed by atoms with Crippen LogP contribution in [-0.2, 0) is 19.1 Å². The van der Waals surface area contributed by atoms with Gasteiger partial charge in [-0.25, -0.2) is 4.79 Å². The van der Waals surface area contributed by atoms with Gasteiger partial charge >= 0.3 is 5.97 Å². The summed E-state index contributed by atoms with van der Waals surface area (Å²) < 4.78 is 5.34. The predicted octanol–water partition coefficient (Wildman–Crippen LogP) is 2.68. The predicted molar refractivity (Wildman–Crippen MR) is 113 cm³/mol. The maximum absolute atomic E-state index is 11.9. The van der Waals surface area contributed by atoms with Crippen molar-refractivity contribution in [2.75, 3.05) is 31.3 Å². The fourth-order valence-electron chi connectivity index (χ4n) is 2.03. The van der Waals surface area contributed by atoms with Gasteiger partial charge in [0, 0.05) is 25.1 Å². The van der Waals surface area contributed by atoms with Crippen molar-refractivity contribution >= 4 is 29.5 Å². The molecule has 28 heavy (non-hydrogen) atoms. The topological polar surface area (TPSA) is 105 Å². The number of hydrogen-bond donors (Lipinski definition) is 3. The summed E-state index contributed by atoms with van der Waals surface area (Å²) in [4.78, 5) is 34.9. The second kappa shape index (κ2) is 13.0. The highest BCUT2D eigenvalue weighted by molar-refractivity contribution is 7.99. The Hall–Kier alpha value is -1.28. The number of carbonyl (C=O) groups excluding carboxylic acids is 2. The van der Waals surface area contributed by atoms with Crippen LogP contribution in [0.4, 0.5) is 0 Å².